The Bertz CT molecular complexity index is 992. The molecule has 2 aromatic carbocycles. The van der Waals surface area contributed by atoms with E-state index in [0.29, 0.717) is 32.0 Å². The van der Waals surface area contributed by atoms with E-state index >= 15 is 0 Å². The van der Waals surface area contributed by atoms with E-state index in [4.69, 9.17) is 9.47 Å². The second kappa shape index (κ2) is 9.87. The summed E-state index contributed by atoms with van der Waals surface area (Å²) in [5.41, 5.74) is 4.05. The minimum atomic E-state index is -0.534. The van der Waals surface area contributed by atoms with E-state index in [1.54, 1.807) is 0 Å². The lowest BCUT2D eigenvalue weighted by atomic mass is 10.2. The summed E-state index contributed by atoms with van der Waals surface area (Å²) in [4.78, 5) is 30.6. The summed E-state index contributed by atoms with van der Waals surface area (Å²) in [5.74, 6) is -1.47. The second-order valence-corrected chi connectivity index (χ2v) is 8.74. The topological polar surface area (TPSA) is 83.1 Å². The van der Waals surface area contributed by atoms with Crippen LogP contribution in [0.2, 0.25) is 0 Å². The highest BCUT2D eigenvalue weighted by atomic mass is 16.5. The number of nitrogens with one attached hydrogen (secondary N) is 2. The summed E-state index contributed by atoms with van der Waals surface area (Å²) in [6.45, 7) is 9.75. The molecule has 3 fully saturated rings. The van der Waals surface area contributed by atoms with Gasteiger partial charge in [0.2, 0.25) is 11.8 Å². The first kappa shape index (κ1) is 22.4. The first-order valence-electron chi connectivity index (χ1n) is 11.8. The van der Waals surface area contributed by atoms with Gasteiger partial charge in [0.25, 0.3) is 0 Å². The number of hydrogen-bond donors (Lipinski definition) is 2. The lowest BCUT2D eigenvalue weighted by molar-refractivity contribution is -0.122. The highest BCUT2D eigenvalue weighted by Gasteiger charge is 2.52. The molecule has 3 aliphatic rings. The zero-order valence-corrected chi connectivity index (χ0v) is 19.2. The van der Waals surface area contributed by atoms with Crippen LogP contribution in [0.1, 0.15) is 0 Å². The average molecular weight is 463 g/mol. The van der Waals surface area contributed by atoms with Crippen molar-refractivity contribution in [3.8, 4) is 0 Å². The fourth-order valence-corrected chi connectivity index (χ4v) is 4.69. The standard InChI is InChI=1S/C26H30N4O4/c1-18-23(25(31)27-19-6-2-4-8-21(19)29-10-14-33-15-11-29)24(18)26(32)28-20-7-3-5-9-22(20)30-12-16-34-17-13-30/h2-9,23-24H,1,10-17H2,(H,27,31)(H,28,32). The molecule has 2 heterocycles. The molecule has 2 aromatic rings. The van der Waals surface area contributed by atoms with Crippen molar-refractivity contribution in [3.05, 3.63) is 60.7 Å². The number of amides is 2. The van der Waals surface area contributed by atoms with Gasteiger partial charge < -0.3 is 29.9 Å². The number of carbonyl (C=O) groups excluding carboxylic acids is 2. The molecule has 2 amide bonds. The number of para-hydroxylation sites is 4. The third-order valence-corrected chi connectivity index (χ3v) is 6.62. The summed E-state index contributed by atoms with van der Waals surface area (Å²) >= 11 is 0. The predicted molar refractivity (Wildman–Crippen MR) is 132 cm³/mol. The van der Waals surface area contributed by atoms with Crippen LogP contribution in [-0.4, -0.2) is 64.4 Å². The molecule has 1 aliphatic carbocycles. The van der Waals surface area contributed by atoms with Gasteiger partial charge in [-0.2, -0.15) is 0 Å². The van der Waals surface area contributed by atoms with Crippen LogP contribution in [0.3, 0.4) is 0 Å². The first-order valence-corrected chi connectivity index (χ1v) is 11.8. The minimum Gasteiger partial charge on any atom is -0.378 e. The Balaban J connectivity index is 1.25. The molecule has 2 unspecified atom stereocenters. The van der Waals surface area contributed by atoms with Crippen molar-refractivity contribution in [2.24, 2.45) is 11.8 Å². The van der Waals surface area contributed by atoms with Crippen LogP contribution in [0.25, 0.3) is 0 Å². The molecule has 8 heteroatoms. The number of rotatable bonds is 6. The van der Waals surface area contributed by atoms with Crippen LogP contribution >= 0.6 is 0 Å². The fraction of sp³-hybridized carbons (Fsp3) is 0.385. The molecule has 8 nitrogen and oxygen atoms in total. The van der Waals surface area contributed by atoms with Gasteiger partial charge in [-0.05, 0) is 24.3 Å². The van der Waals surface area contributed by atoms with Crippen molar-refractivity contribution < 1.29 is 19.1 Å². The van der Waals surface area contributed by atoms with E-state index in [0.717, 1.165) is 48.9 Å². The molecule has 0 aromatic heterocycles. The Morgan fingerprint density at radius 2 is 1.09 bits per heavy atom. The molecule has 34 heavy (non-hydrogen) atoms. The molecule has 2 aliphatic heterocycles. The smallest absolute Gasteiger partial charge is 0.232 e. The van der Waals surface area contributed by atoms with E-state index in [-0.39, 0.29) is 11.8 Å². The lowest BCUT2D eigenvalue weighted by Gasteiger charge is -2.30. The first-order chi connectivity index (χ1) is 16.6. The Morgan fingerprint density at radius 3 is 1.50 bits per heavy atom. The summed E-state index contributed by atoms with van der Waals surface area (Å²) in [5, 5.41) is 6.06. The van der Waals surface area contributed by atoms with Crippen LogP contribution in [0.4, 0.5) is 22.7 Å². The van der Waals surface area contributed by atoms with Crippen molar-refractivity contribution in [1.82, 2.24) is 0 Å². The number of anilines is 4. The monoisotopic (exact) mass is 462 g/mol. The quantitative estimate of drug-likeness (QED) is 0.643. The maximum absolute atomic E-state index is 13.1. The highest BCUT2D eigenvalue weighted by molar-refractivity contribution is 6.09. The molecular formula is C26H30N4O4. The van der Waals surface area contributed by atoms with Gasteiger partial charge in [-0.25, -0.2) is 0 Å². The predicted octanol–water partition coefficient (Wildman–Crippen LogP) is 2.74. The van der Waals surface area contributed by atoms with E-state index in [2.05, 4.69) is 27.0 Å². The minimum absolute atomic E-state index is 0.202. The molecular weight excluding hydrogens is 432 g/mol. The summed E-state index contributed by atoms with van der Waals surface area (Å²) in [6, 6.07) is 15.5. The van der Waals surface area contributed by atoms with Crippen molar-refractivity contribution in [3.63, 3.8) is 0 Å². The number of morpholine rings is 2. The average Bonchev–Trinajstić information content (AvgIpc) is 3.57. The van der Waals surface area contributed by atoms with Crippen molar-refractivity contribution >= 4 is 34.6 Å². The fourth-order valence-electron chi connectivity index (χ4n) is 4.69. The van der Waals surface area contributed by atoms with Gasteiger partial charge in [-0.15, -0.1) is 0 Å². The van der Waals surface area contributed by atoms with E-state index in [9.17, 15) is 9.59 Å². The Hall–Kier alpha value is -3.36. The summed E-state index contributed by atoms with van der Waals surface area (Å²) in [6.07, 6.45) is 0. The molecule has 0 radical (unpaired) electrons. The molecule has 2 N–H and O–H groups in total. The van der Waals surface area contributed by atoms with Gasteiger partial charge in [0.05, 0.1) is 61.0 Å². The van der Waals surface area contributed by atoms with E-state index < -0.39 is 11.8 Å². The van der Waals surface area contributed by atoms with Crippen LogP contribution in [-0.2, 0) is 19.1 Å². The van der Waals surface area contributed by atoms with Crippen LogP contribution in [0.5, 0.6) is 0 Å². The van der Waals surface area contributed by atoms with Gasteiger partial charge >= 0.3 is 0 Å². The Morgan fingerprint density at radius 1 is 0.706 bits per heavy atom. The summed E-state index contributed by atoms with van der Waals surface area (Å²) < 4.78 is 10.9. The van der Waals surface area contributed by atoms with Gasteiger partial charge in [-0.3, -0.25) is 9.59 Å². The second-order valence-electron chi connectivity index (χ2n) is 8.74. The van der Waals surface area contributed by atoms with Crippen molar-refractivity contribution in [2.45, 2.75) is 0 Å². The number of ether oxygens (including phenoxy) is 2. The number of benzene rings is 2. The third kappa shape index (κ3) is 4.64. The van der Waals surface area contributed by atoms with E-state index in [1.165, 1.54) is 0 Å². The van der Waals surface area contributed by atoms with Gasteiger partial charge in [0, 0.05) is 26.2 Å². The van der Waals surface area contributed by atoms with Gasteiger partial charge in [0.15, 0.2) is 0 Å². The zero-order chi connectivity index (χ0) is 23.5. The largest absolute Gasteiger partial charge is 0.378 e. The number of carbonyl (C=O) groups is 2. The molecule has 178 valence electrons. The molecule has 0 bridgehead atoms. The van der Waals surface area contributed by atoms with E-state index in [1.807, 2.05) is 48.5 Å². The Labute approximate surface area is 199 Å². The third-order valence-electron chi connectivity index (χ3n) is 6.62. The van der Waals surface area contributed by atoms with Gasteiger partial charge in [-0.1, -0.05) is 36.4 Å². The summed E-state index contributed by atoms with van der Waals surface area (Å²) in [7, 11) is 0. The molecule has 5 rings (SSSR count). The number of hydrogen-bond acceptors (Lipinski definition) is 6. The molecule has 1 saturated carbocycles. The SMILES string of the molecule is C=C1C(C(=O)Nc2ccccc2N2CCOCC2)C1C(=O)Nc1ccccc1N1CCOCC1. The normalized spacial score (nSPS) is 22.3. The molecule has 2 atom stereocenters. The highest BCUT2D eigenvalue weighted by Crippen LogP contribution is 2.46. The maximum atomic E-state index is 13.1. The Kier molecular flexibility index (Phi) is 6.51. The van der Waals surface area contributed by atoms with Crippen molar-refractivity contribution in [2.75, 3.05) is 73.0 Å². The zero-order valence-electron chi connectivity index (χ0n) is 19.2. The van der Waals surface area contributed by atoms with Crippen molar-refractivity contribution in [1.29, 1.82) is 0 Å². The lowest BCUT2D eigenvalue weighted by Crippen LogP contribution is -2.37. The van der Waals surface area contributed by atoms with Crippen LogP contribution < -0.4 is 20.4 Å². The molecule has 0 spiro atoms. The van der Waals surface area contributed by atoms with Gasteiger partial charge in [0.1, 0.15) is 0 Å². The number of nitrogens with zero attached hydrogens (tertiary/aromatic N) is 2. The van der Waals surface area contributed by atoms with Crippen LogP contribution in [0, 0.1) is 11.8 Å². The molecule has 2 saturated heterocycles. The van der Waals surface area contributed by atoms with Crippen LogP contribution in [0.15, 0.2) is 60.7 Å². The maximum Gasteiger partial charge on any atom is 0.232 e.